The van der Waals surface area contributed by atoms with E-state index in [2.05, 4.69) is 17.3 Å². The summed E-state index contributed by atoms with van der Waals surface area (Å²) in [5, 5.41) is 17.2. The highest BCUT2D eigenvalue weighted by molar-refractivity contribution is 5.97. The second kappa shape index (κ2) is 7.70. The number of rotatable bonds is 6. The quantitative estimate of drug-likeness (QED) is 0.845. The first-order valence-electron chi connectivity index (χ1n) is 8.88. The third-order valence-corrected chi connectivity index (χ3v) is 4.70. The number of carbonyl (C=O) groups is 1. The van der Waals surface area contributed by atoms with Crippen LogP contribution in [0, 0.1) is 0 Å². The summed E-state index contributed by atoms with van der Waals surface area (Å²) >= 11 is 0. The van der Waals surface area contributed by atoms with Crippen LogP contribution in [0.15, 0.2) is 36.5 Å². The summed E-state index contributed by atoms with van der Waals surface area (Å²) in [5.41, 5.74) is 1.19. The molecule has 2 N–H and O–H groups in total. The number of nitrogens with one attached hydrogen (secondary N) is 1. The minimum absolute atomic E-state index is 0.112. The Morgan fingerprint density at radius 2 is 2.08 bits per heavy atom. The molecule has 2 heterocycles. The molecule has 1 aromatic carbocycles. The van der Waals surface area contributed by atoms with E-state index in [1.54, 1.807) is 21.7 Å². The highest BCUT2D eigenvalue weighted by atomic mass is 16.3. The maximum atomic E-state index is 12.8. The Hall–Kier alpha value is -2.34. The first-order chi connectivity index (χ1) is 12.0. The van der Waals surface area contributed by atoms with Gasteiger partial charge in [-0.25, -0.2) is 0 Å². The van der Waals surface area contributed by atoms with Crippen LogP contribution in [-0.4, -0.2) is 39.4 Å². The molecule has 6 heteroatoms. The molecule has 1 aromatic heterocycles. The average Bonchev–Trinajstić information content (AvgIpc) is 3.02. The van der Waals surface area contributed by atoms with Crippen LogP contribution in [-0.2, 0) is 18.3 Å². The van der Waals surface area contributed by atoms with Crippen LogP contribution in [0.3, 0.4) is 0 Å². The van der Waals surface area contributed by atoms with Gasteiger partial charge in [0.05, 0.1) is 6.04 Å². The van der Waals surface area contributed by atoms with E-state index >= 15 is 0 Å². The molecule has 1 aliphatic heterocycles. The number of phenolic OH excluding ortho intramolecular Hbond substituents is 1. The smallest absolute Gasteiger partial charge is 0.245 e. The van der Waals surface area contributed by atoms with E-state index in [0.717, 1.165) is 38.0 Å². The maximum absolute atomic E-state index is 12.8. The van der Waals surface area contributed by atoms with Crippen molar-refractivity contribution in [1.82, 2.24) is 15.1 Å². The number of hydrogen-bond acceptors (Lipinski definition) is 4. The molecule has 3 rings (SSSR count). The molecule has 1 aliphatic rings. The molecule has 1 amide bonds. The highest BCUT2D eigenvalue weighted by Gasteiger charge is 2.31. The largest absolute Gasteiger partial charge is 0.508 e. The number of aromatic nitrogens is 2. The molecule has 0 radical (unpaired) electrons. The summed E-state index contributed by atoms with van der Waals surface area (Å²) in [7, 11) is 1.86. The van der Waals surface area contributed by atoms with Crippen molar-refractivity contribution in [2.45, 2.75) is 44.7 Å². The van der Waals surface area contributed by atoms with Gasteiger partial charge in [-0.1, -0.05) is 12.1 Å². The standard InChI is InChI=1S/C19H26N4O2/c1-14(5-6-15-7-9-16(24)10-8-15)20-17-4-3-12-23(19(17)25)18-11-13-22(2)21-18/h7-11,13-14,17,20,24H,3-6,12H2,1-2H3. The van der Waals surface area contributed by atoms with Gasteiger partial charge < -0.3 is 10.4 Å². The molecule has 2 aromatic rings. The Labute approximate surface area is 148 Å². The maximum Gasteiger partial charge on any atom is 0.245 e. The summed E-state index contributed by atoms with van der Waals surface area (Å²) in [6.07, 6.45) is 5.56. The molecule has 2 atom stereocenters. The van der Waals surface area contributed by atoms with Crippen LogP contribution in [0.2, 0.25) is 0 Å². The normalized spacial score (nSPS) is 19.2. The topological polar surface area (TPSA) is 70.4 Å². The Morgan fingerprint density at radius 1 is 1.32 bits per heavy atom. The third kappa shape index (κ3) is 4.39. The average molecular weight is 342 g/mol. The number of amides is 1. The summed E-state index contributed by atoms with van der Waals surface area (Å²) in [6.45, 7) is 2.85. The number of aryl methyl sites for hydroxylation is 2. The Balaban J connectivity index is 1.54. The first kappa shape index (κ1) is 17.5. The van der Waals surface area contributed by atoms with Crippen LogP contribution < -0.4 is 10.2 Å². The molecule has 1 saturated heterocycles. The van der Waals surface area contributed by atoms with Crippen molar-refractivity contribution in [3.05, 3.63) is 42.1 Å². The van der Waals surface area contributed by atoms with Crippen LogP contribution in [0.4, 0.5) is 5.82 Å². The van der Waals surface area contributed by atoms with E-state index in [1.165, 1.54) is 5.56 Å². The van der Waals surface area contributed by atoms with E-state index in [9.17, 15) is 9.90 Å². The van der Waals surface area contributed by atoms with Gasteiger partial charge in [0, 0.05) is 31.9 Å². The van der Waals surface area contributed by atoms with E-state index in [-0.39, 0.29) is 23.7 Å². The zero-order valence-corrected chi connectivity index (χ0v) is 14.9. The fourth-order valence-electron chi connectivity index (χ4n) is 3.28. The molecule has 0 spiro atoms. The molecule has 0 saturated carbocycles. The van der Waals surface area contributed by atoms with Gasteiger partial charge in [-0.3, -0.25) is 14.4 Å². The second-order valence-corrected chi connectivity index (χ2v) is 6.81. The zero-order valence-electron chi connectivity index (χ0n) is 14.9. The fraction of sp³-hybridized carbons (Fsp3) is 0.474. The van der Waals surface area contributed by atoms with Crippen molar-refractivity contribution in [3.63, 3.8) is 0 Å². The lowest BCUT2D eigenvalue weighted by molar-refractivity contribution is -0.122. The molecular weight excluding hydrogens is 316 g/mol. The molecular formula is C19H26N4O2. The van der Waals surface area contributed by atoms with Crippen LogP contribution in [0.1, 0.15) is 31.7 Å². The minimum Gasteiger partial charge on any atom is -0.508 e. The van der Waals surface area contributed by atoms with Crippen molar-refractivity contribution in [3.8, 4) is 5.75 Å². The predicted octanol–water partition coefficient (Wildman–Crippen LogP) is 2.23. The molecule has 2 unspecified atom stereocenters. The van der Waals surface area contributed by atoms with Gasteiger partial charge >= 0.3 is 0 Å². The highest BCUT2D eigenvalue weighted by Crippen LogP contribution is 2.20. The third-order valence-electron chi connectivity index (χ3n) is 4.70. The molecule has 25 heavy (non-hydrogen) atoms. The lowest BCUT2D eigenvalue weighted by atomic mass is 10.0. The molecule has 0 aliphatic carbocycles. The number of phenols is 1. The second-order valence-electron chi connectivity index (χ2n) is 6.81. The zero-order chi connectivity index (χ0) is 17.8. The van der Waals surface area contributed by atoms with Gasteiger partial charge in [-0.2, -0.15) is 5.10 Å². The van der Waals surface area contributed by atoms with E-state index < -0.39 is 0 Å². The Morgan fingerprint density at radius 3 is 2.76 bits per heavy atom. The summed E-state index contributed by atoms with van der Waals surface area (Å²) < 4.78 is 1.72. The lowest BCUT2D eigenvalue weighted by Crippen LogP contribution is -2.53. The lowest BCUT2D eigenvalue weighted by Gasteiger charge is -2.33. The number of carbonyl (C=O) groups excluding carboxylic acids is 1. The Bertz CT molecular complexity index is 710. The van der Waals surface area contributed by atoms with Gasteiger partial charge in [-0.05, 0) is 50.3 Å². The predicted molar refractivity (Wildman–Crippen MR) is 97.6 cm³/mol. The van der Waals surface area contributed by atoms with Crippen molar-refractivity contribution < 1.29 is 9.90 Å². The van der Waals surface area contributed by atoms with E-state index in [0.29, 0.717) is 0 Å². The summed E-state index contributed by atoms with van der Waals surface area (Å²) in [6, 6.07) is 9.28. The molecule has 134 valence electrons. The van der Waals surface area contributed by atoms with Crippen molar-refractivity contribution in [2.75, 3.05) is 11.4 Å². The minimum atomic E-state index is -0.148. The number of nitrogens with zero attached hydrogens (tertiary/aromatic N) is 3. The number of benzene rings is 1. The van der Waals surface area contributed by atoms with Crippen LogP contribution in [0.25, 0.3) is 0 Å². The van der Waals surface area contributed by atoms with E-state index in [4.69, 9.17) is 0 Å². The Kier molecular flexibility index (Phi) is 5.38. The molecule has 6 nitrogen and oxygen atoms in total. The molecule has 1 fully saturated rings. The number of aromatic hydroxyl groups is 1. The molecule has 0 bridgehead atoms. The fourth-order valence-corrected chi connectivity index (χ4v) is 3.28. The summed E-state index contributed by atoms with van der Waals surface area (Å²) in [5.74, 6) is 1.13. The number of piperidine rings is 1. The van der Waals surface area contributed by atoms with Gasteiger partial charge in [0.15, 0.2) is 5.82 Å². The van der Waals surface area contributed by atoms with Gasteiger partial charge in [0.1, 0.15) is 5.75 Å². The van der Waals surface area contributed by atoms with E-state index in [1.807, 2.05) is 31.4 Å². The van der Waals surface area contributed by atoms with Gasteiger partial charge in [0.2, 0.25) is 5.91 Å². The number of anilines is 1. The monoisotopic (exact) mass is 342 g/mol. The van der Waals surface area contributed by atoms with Crippen LogP contribution in [0.5, 0.6) is 5.75 Å². The first-order valence-corrected chi connectivity index (χ1v) is 8.88. The van der Waals surface area contributed by atoms with Crippen molar-refractivity contribution in [1.29, 1.82) is 0 Å². The number of hydrogen-bond donors (Lipinski definition) is 2. The van der Waals surface area contributed by atoms with Crippen molar-refractivity contribution in [2.24, 2.45) is 7.05 Å². The SMILES string of the molecule is CC(CCc1ccc(O)cc1)NC1CCCN(c2ccn(C)n2)C1=O. The van der Waals surface area contributed by atoms with Gasteiger partial charge in [-0.15, -0.1) is 0 Å². The van der Waals surface area contributed by atoms with Gasteiger partial charge in [0.25, 0.3) is 0 Å². The van der Waals surface area contributed by atoms with Crippen molar-refractivity contribution >= 4 is 11.7 Å². The summed E-state index contributed by atoms with van der Waals surface area (Å²) in [4.78, 5) is 14.6. The van der Waals surface area contributed by atoms with Crippen LogP contribution >= 0.6 is 0 Å².